The number of unbranched alkanes of at least 4 members (excludes halogenated alkanes) is 19. The summed E-state index contributed by atoms with van der Waals surface area (Å²) in [5.74, 6) is -0.860. The number of ether oxygens (including phenoxy) is 2. The number of allylic oxidation sites excluding steroid dienone is 18. The van der Waals surface area contributed by atoms with Gasteiger partial charge in [-0.05, 0) is 96.3 Å². The first kappa shape index (κ1) is 65.7. The van der Waals surface area contributed by atoms with Crippen LogP contribution in [0.25, 0.3) is 0 Å². The molecular formula is C59H100NO8P. The minimum atomic E-state index is -4.40. The largest absolute Gasteiger partial charge is 0.472 e. The zero-order valence-corrected chi connectivity index (χ0v) is 44.6. The first-order valence-corrected chi connectivity index (χ1v) is 28.9. The van der Waals surface area contributed by atoms with Crippen LogP contribution in [0.15, 0.2) is 109 Å². The molecule has 10 heteroatoms. The summed E-state index contributed by atoms with van der Waals surface area (Å²) >= 11 is 0. The molecule has 0 heterocycles. The lowest BCUT2D eigenvalue weighted by Crippen LogP contribution is -2.29. The first-order valence-electron chi connectivity index (χ1n) is 27.4. The number of hydrogen-bond donors (Lipinski definition) is 2. The van der Waals surface area contributed by atoms with E-state index in [0.717, 1.165) is 103 Å². The third-order valence-corrected chi connectivity index (χ3v) is 12.1. The molecule has 0 aromatic carbocycles. The quantitative estimate of drug-likeness (QED) is 0.0264. The molecule has 0 radical (unpaired) electrons. The number of nitrogens with two attached hydrogens (primary N) is 1. The average Bonchev–Trinajstić information content (AvgIpc) is 3.34. The molecule has 69 heavy (non-hydrogen) atoms. The topological polar surface area (TPSA) is 134 Å². The lowest BCUT2D eigenvalue weighted by atomic mass is 10.0. The maximum atomic E-state index is 12.7. The Hall–Kier alpha value is -3.33. The molecule has 394 valence electrons. The smallest absolute Gasteiger partial charge is 0.462 e. The average molecular weight is 982 g/mol. The second-order valence-electron chi connectivity index (χ2n) is 17.7. The van der Waals surface area contributed by atoms with Gasteiger partial charge in [0, 0.05) is 19.4 Å². The molecule has 2 unspecified atom stereocenters. The van der Waals surface area contributed by atoms with Gasteiger partial charge in [-0.3, -0.25) is 18.6 Å². The number of phosphoric acid groups is 1. The maximum absolute atomic E-state index is 12.7. The standard InChI is InChI=1S/C59H100NO8P/c1-3-5-7-9-11-13-15-17-19-21-22-23-24-25-26-27-28-29-30-31-32-33-34-36-38-40-42-44-46-48-50-52-59(62)68-57(56-67-69(63,64)66-54-53-60)55-65-58(61)51-49-47-45-43-41-39-37-35-20-18-16-14-12-10-8-6-4-2/h5-8,11-14,17-20,22-23,25-26,37,39,57H,3-4,9-10,15-16,21,24,27-36,38,40-56,60H2,1-2H3,(H,63,64)/b7-5-,8-6-,13-11-,14-12-,19-17-,20-18-,23-22-,26-25-,39-37-. The third-order valence-electron chi connectivity index (χ3n) is 11.2. The Bertz CT molecular complexity index is 1490. The molecule has 0 aromatic heterocycles. The van der Waals surface area contributed by atoms with Gasteiger partial charge >= 0.3 is 19.8 Å². The van der Waals surface area contributed by atoms with Crippen molar-refractivity contribution in [3.05, 3.63) is 109 Å². The van der Waals surface area contributed by atoms with Crippen molar-refractivity contribution < 1.29 is 37.6 Å². The van der Waals surface area contributed by atoms with Crippen LogP contribution in [0.3, 0.4) is 0 Å². The zero-order valence-electron chi connectivity index (χ0n) is 43.8. The molecule has 0 aliphatic carbocycles. The van der Waals surface area contributed by atoms with Crippen LogP contribution in [0.2, 0.25) is 0 Å². The summed E-state index contributed by atoms with van der Waals surface area (Å²) in [5.41, 5.74) is 5.37. The Morgan fingerprint density at radius 1 is 0.435 bits per heavy atom. The summed E-state index contributed by atoms with van der Waals surface area (Å²) in [5, 5.41) is 0. The van der Waals surface area contributed by atoms with Gasteiger partial charge in [0.25, 0.3) is 0 Å². The van der Waals surface area contributed by atoms with Gasteiger partial charge in [0.05, 0.1) is 13.2 Å². The van der Waals surface area contributed by atoms with Gasteiger partial charge in [0.2, 0.25) is 0 Å². The van der Waals surface area contributed by atoms with Crippen molar-refractivity contribution in [3.8, 4) is 0 Å². The normalized spacial score (nSPS) is 14.0. The van der Waals surface area contributed by atoms with Gasteiger partial charge < -0.3 is 20.1 Å². The van der Waals surface area contributed by atoms with Crippen molar-refractivity contribution in [3.63, 3.8) is 0 Å². The summed E-state index contributed by atoms with van der Waals surface area (Å²) in [4.78, 5) is 35.1. The molecule has 0 aliphatic heterocycles. The number of carbonyl (C=O) groups is 2. The zero-order chi connectivity index (χ0) is 50.2. The van der Waals surface area contributed by atoms with E-state index in [0.29, 0.717) is 12.8 Å². The minimum Gasteiger partial charge on any atom is -0.462 e. The molecule has 0 amide bonds. The lowest BCUT2D eigenvalue weighted by Gasteiger charge is -2.19. The van der Waals surface area contributed by atoms with Crippen molar-refractivity contribution in [2.75, 3.05) is 26.4 Å². The predicted molar refractivity (Wildman–Crippen MR) is 293 cm³/mol. The Morgan fingerprint density at radius 3 is 1.12 bits per heavy atom. The van der Waals surface area contributed by atoms with Gasteiger partial charge in [-0.1, -0.05) is 220 Å². The molecule has 0 spiro atoms. The van der Waals surface area contributed by atoms with Crippen LogP contribution in [-0.2, 0) is 32.7 Å². The van der Waals surface area contributed by atoms with Gasteiger partial charge in [-0.2, -0.15) is 0 Å². The van der Waals surface area contributed by atoms with E-state index in [1.165, 1.54) is 77.0 Å². The fourth-order valence-corrected chi connectivity index (χ4v) is 7.95. The third kappa shape index (κ3) is 53.9. The Morgan fingerprint density at radius 2 is 0.754 bits per heavy atom. The van der Waals surface area contributed by atoms with E-state index in [2.05, 4.69) is 123 Å². The van der Waals surface area contributed by atoms with E-state index < -0.39 is 32.5 Å². The monoisotopic (exact) mass is 982 g/mol. The maximum Gasteiger partial charge on any atom is 0.472 e. The van der Waals surface area contributed by atoms with E-state index in [-0.39, 0.29) is 32.6 Å². The molecule has 0 bridgehead atoms. The van der Waals surface area contributed by atoms with Crippen LogP contribution >= 0.6 is 7.82 Å². The SMILES string of the molecule is CC/C=C\C/C=C\C/C=C\C/C=C\C/C=C\CCCCCCCCCCCCCCCCCC(=O)OC(COC(=O)CCCCCC/C=C\C/C=C\C/C=C\C/C=C\CC)COP(=O)(O)OCCN. The number of rotatable bonds is 50. The summed E-state index contributed by atoms with van der Waals surface area (Å²) in [6.07, 6.45) is 72.8. The van der Waals surface area contributed by atoms with Crippen LogP contribution in [0.4, 0.5) is 0 Å². The van der Waals surface area contributed by atoms with Crippen LogP contribution in [0, 0.1) is 0 Å². The Balaban J connectivity index is 3.99. The molecule has 0 fully saturated rings. The predicted octanol–water partition coefficient (Wildman–Crippen LogP) is 17.1. The highest BCUT2D eigenvalue weighted by atomic mass is 31.2. The number of carbonyl (C=O) groups excluding carboxylic acids is 2. The highest BCUT2D eigenvalue weighted by molar-refractivity contribution is 7.47. The fourth-order valence-electron chi connectivity index (χ4n) is 7.18. The van der Waals surface area contributed by atoms with Gasteiger partial charge in [-0.15, -0.1) is 0 Å². The summed E-state index contributed by atoms with van der Waals surface area (Å²) in [6, 6.07) is 0. The fraction of sp³-hybridized carbons (Fsp3) is 0.661. The van der Waals surface area contributed by atoms with Crippen molar-refractivity contribution in [1.82, 2.24) is 0 Å². The van der Waals surface area contributed by atoms with E-state index in [4.69, 9.17) is 24.3 Å². The molecule has 2 atom stereocenters. The van der Waals surface area contributed by atoms with Gasteiger partial charge in [0.15, 0.2) is 6.10 Å². The van der Waals surface area contributed by atoms with E-state index in [9.17, 15) is 19.0 Å². The highest BCUT2D eigenvalue weighted by Crippen LogP contribution is 2.43. The van der Waals surface area contributed by atoms with Crippen molar-refractivity contribution in [2.24, 2.45) is 5.73 Å². The van der Waals surface area contributed by atoms with Crippen LogP contribution in [-0.4, -0.2) is 49.3 Å². The minimum absolute atomic E-state index is 0.0450. The number of esters is 2. The highest BCUT2D eigenvalue weighted by Gasteiger charge is 2.26. The molecule has 0 rings (SSSR count). The summed E-state index contributed by atoms with van der Waals surface area (Å²) in [7, 11) is -4.40. The van der Waals surface area contributed by atoms with E-state index in [1.54, 1.807) is 0 Å². The first-order chi connectivity index (χ1) is 33.8. The Kier molecular flexibility index (Phi) is 51.4. The summed E-state index contributed by atoms with van der Waals surface area (Å²) < 4.78 is 32.9. The molecular weight excluding hydrogens is 882 g/mol. The molecule has 0 saturated carbocycles. The molecule has 9 nitrogen and oxygen atoms in total. The van der Waals surface area contributed by atoms with Crippen LogP contribution < -0.4 is 5.73 Å². The Labute approximate surface area is 422 Å². The number of phosphoric ester groups is 1. The van der Waals surface area contributed by atoms with Gasteiger partial charge in [0.1, 0.15) is 6.61 Å². The van der Waals surface area contributed by atoms with E-state index >= 15 is 0 Å². The van der Waals surface area contributed by atoms with Crippen LogP contribution in [0.1, 0.15) is 219 Å². The second kappa shape index (κ2) is 54.0. The van der Waals surface area contributed by atoms with Crippen LogP contribution in [0.5, 0.6) is 0 Å². The summed E-state index contributed by atoms with van der Waals surface area (Å²) in [6.45, 7) is 3.48. The number of hydrogen-bond acceptors (Lipinski definition) is 8. The van der Waals surface area contributed by atoms with E-state index in [1.807, 2.05) is 0 Å². The second-order valence-corrected chi connectivity index (χ2v) is 19.1. The van der Waals surface area contributed by atoms with Crippen molar-refractivity contribution in [2.45, 2.75) is 225 Å². The van der Waals surface area contributed by atoms with Crippen molar-refractivity contribution in [1.29, 1.82) is 0 Å². The molecule has 3 N–H and O–H groups in total. The lowest BCUT2D eigenvalue weighted by molar-refractivity contribution is -0.161. The van der Waals surface area contributed by atoms with Gasteiger partial charge in [-0.25, -0.2) is 4.57 Å². The molecule has 0 saturated heterocycles. The molecule has 0 aromatic rings. The van der Waals surface area contributed by atoms with Crippen molar-refractivity contribution >= 4 is 19.8 Å². The molecule has 0 aliphatic rings.